The number of hydrogen-bond donors (Lipinski definition) is 1. The molecule has 2 unspecified atom stereocenters. The lowest BCUT2D eigenvalue weighted by Crippen LogP contribution is -2.44. The van der Waals surface area contributed by atoms with Crippen molar-refractivity contribution in [2.75, 3.05) is 33.0 Å². The molecule has 2 rings (SSSR count). The summed E-state index contributed by atoms with van der Waals surface area (Å²) in [5, 5.41) is 0. The van der Waals surface area contributed by atoms with Crippen LogP contribution in [0.15, 0.2) is 0 Å². The Labute approximate surface area is 73.2 Å². The van der Waals surface area contributed by atoms with Crippen LogP contribution < -0.4 is 5.73 Å². The summed E-state index contributed by atoms with van der Waals surface area (Å²) < 4.78 is 10.9. The molecule has 0 amide bonds. The first-order valence-electron chi connectivity index (χ1n) is 4.73. The van der Waals surface area contributed by atoms with Crippen LogP contribution in [0.5, 0.6) is 0 Å². The molecule has 3 heteroatoms. The predicted molar refractivity (Wildman–Crippen MR) is 45.8 cm³/mol. The molecule has 0 aromatic heterocycles. The van der Waals surface area contributed by atoms with Crippen molar-refractivity contribution in [3.05, 3.63) is 0 Å². The van der Waals surface area contributed by atoms with Crippen molar-refractivity contribution in [3.63, 3.8) is 0 Å². The molecule has 3 nitrogen and oxygen atoms in total. The summed E-state index contributed by atoms with van der Waals surface area (Å²) in [6.45, 7) is 4.26. The van der Waals surface area contributed by atoms with Crippen molar-refractivity contribution in [1.29, 1.82) is 0 Å². The Morgan fingerprint density at radius 2 is 2.00 bits per heavy atom. The van der Waals surface area contributed by atoms with E-state index in [0.29, 0.717) is 5.92 Å². The molecule has 0 bridgehead atoms. The van der Waals surface area contributed by atoms with E-state index in [-0.39, 0.29) is 5.41 Å². The van der Waals surface area contributed by atoms with Crippen molar-refractivity contribution in [2.24, 2.45) is 17.1 Å². The SMILES string of the molecule is NCC1CCOCC12CCOC2. The lowest BCUT2D eigenvalue weighted by atomic mass is 9.72. The number of hydrogen-bond acceptors (Lipinski definition) is 3. The molecular formula is C9H17NO2. The van der Waals surface area contributed by atoms with Gasteiger partial charge in [-0.25, -0.2) is 0 Å². The van der Waals surface area contributed by atoms with Crippen LogP contribution in [-0.2, 0) is 9.47 Å². The van der Waals surface area contributed by atoms with E-state index >= 15 is 0 Å². The van der Waals surface area contributed by atoms with E-state index in [1.54, 1.807) is 0 Å². The van der Waals surface area contributed by atoms with E-state index in [4.69, 9.17) is 15.2 Å². The minimum absolute atomic E-state index is 0.271. The van der Waals surface area contributed by atoms with Crippen molar-refractivity contribution in [2.45, 2.75) is 12.8 Å². The van der Waals surface area contributed by atoms with Crippen LogP contribution >= 0.6 is 0 Å². The normalized spacial score (nSPS) is 42.2. The Balaban J connectivity index is 2.07. The summed E-state index contributed by atoms with van der Waals surface area (Å²) in [5.74, 6) is 0.619. The predicted octanol–water partition coefficient (Wildman–Crippen LogP) is 0.388. The highest BCUT2D eigenvalue weighted by atomic mass is 16.5. The Morgan fingerprint density at radius 1 is 1.25 bits per heavy atom. The lowest BCUT2D eigenvalue weighted by Gasteiger charge is -2.39. The highest BCUT2D eigenvalue weighted by molar-refractivity contribution is 4.92. The Bertz CT molecular complexity index is 155. The van der Waals surface area contributed by atoms with Crippen LogP contribution in [0.3, 0.4) is 0 Å². The molecule has 2 fully saturated rings. The second-order valence-electron chi connectivity index (χ2n) is 3.94. The molecule has 1 spiro atoms. The molecule has 2 N–H and O–H groups in total. The van der Waals surface area contributed by atoms with Gasteiger partial charge in [0.05, 0.1) is 13.2 Å². The molecule has 2 atom stereocenters. The van der Waals surface area contributed by atoms with Crippen LogP contribution in [0.2, 0.25) is 0 Å². The molecule has 2 heterocycles. The van der Waals surface area contributed by atoms with E-state index in [9.17, 15) is 0 Å². The molecule has 70 valence electrons. The number of rotatable bonds is 1. The van der Waals surface area contributed by atoms with Gasteiger partial charge in [0, 0.05) is 18.6 Å². The Kier molecular flexibility index (Phi) is 2.35. The minimum Gasteiger partial charge on any atom is -0.381 e. The smallest absolute Gasteiger partial charge is 0.0548 e. The molecule has 2 aliphatic rings. The first-order valence-corrected chi connectivity index (χ1v) is 4.73. The van der Waals surface area contributed by atoms with Gasteiger partial charge in [0.2, 0.25) is 0 Å². The van der Waals surface area contributed by atoms with Gasteiger partial charge in [-0.3, -0.25) is 0 Å². The van der Waals surface area contributed by atoms with Gasteiger partial charge >= 0.3 is 0 Å². The van der Waals surface area contributed by atoms with E-state index in [1.165, 1.54) is 0 Å². The average molecular weight is 171 g/mol. The van der Waals surface area contributed by atoms with Crippen LogP contribution in [0.1, 0.15) is 12.8 Å². The zero-order valence-corrected chi connectivity index (χ0v) is 7.42. The van der Waals surface area contributed by atoms with Crippen molar-refractivity contribution in [3.8, 4) is 0 Å². The van der Waals surface area contributed by atoms with E-state index < -0.39 is 0 Å². The summed E-state index contributed by atoms with van der Waals surface area (Å²) >= 11 is 0. The quantitative estimate of drug-likeness (QED) is 0.620. The third kappa shape index (κ3) is 1.26. The summed E-state index contributed by atoms with van der Waals surface area (Å²) in [6, 6.07) is 0. The second kappa shape index (κ2) is 3.32. The molecule has 0 saturated carbocycles. The topological polar surface area (TPSA) is 44.5 Å². The van der Waals surface area contributed by atoms with E-state index in [0.717, 1.165) is 45.8 Å². The third-order valence-electron chi connectivity index (χ3n) is 3.28. The zero-order chi connectivity index (χ0) is 8.44. The summed E-state index contributed by atoms with van der Waals surface area (Å²) in [5.41, 5.74) is 6.02. The molecule has 0 aliphatic carbocycles. The van der Waals surface area contributed by atoms with Crippen molar-refractivity contribution < 1.29 is 9.47 Å². The molecule has 0 radical (unpaired) electrons. The first-order chi connectivity index (χ1) is 5.87. The standard InChI is InChI=1S/C9H17NO2/c10-5-8-1-3-11-6-9(8)2-4-12-7-9/h8H,1-7,10H2. The van der Waals surface area contributed by atoms with Gasteiger partial charge in [-0.1, -0.05) is 0 Å². The zero-order valence-electron chi connectivity index (χ0n) is 7.42. The van der Waals surface area contributed by atoms with Crippen LogP contribution in [0.4, 0.5) is 0 Å². The van der Waals surface area contributed by atoms with Gasteiger partial charge in [0.15, 0.2) is 0 Å². The van der Waals surface area contributed by atoms with E-state index in [1.807, 2.05) is 0 Å². The summed E-state index contributed by atoms with van der Waals surface area (Å²) in [6.07, 6.45) is 2.24. The van der Waals surface area contributed by atoms with Crippen LogP contribution in [-0.4, -0.2) is 33.0 Å². The van der Waals surface area contributed by atoms with Gasteiger partial charge < -0.3 is 15.2 Å². The fourth-order valence-corrected chi connectivity index (χ4v) is 2.35. The van der Waals surface area contributed by atoms with Crippen LogP contribution in [0.25, 0.3) is 0 Å². The van der Waals surface area contributed by atoms with E-state index in [2.05, 4.69) is 0 Å². The monoisotopic (exact) mass is 171 g/mol. The molecule has 2 aliphatic heterocycles. The third-order valence-corrected chi connectivity index (χ3v) is 3.28. The average Bonchev–Trinajstić information content (AvgIpc) is 2.55. The molecule has 0 aromatic rings. The highest BCUT2D eigenvalue weighted by Crippen LogP contribution is 2.40. The Morgan fingerprint density at radius 3 is 2.58 bits per heavy atom. The second-order valence-corrected chi connectivity index (χ2v) is 3.94. The van der Waals surface area contributed by atoms with Crippen molar-refractivity contribution in [1.82, 2.24) is 0 Å². The van der Waals surface area contributed by atoms with Gasteiger partial charge in [-0.15, -0.1) is 0 Å². The highest BCUT2D eigenvalue weighted by Gasteiger charge is 2.43. The van der Waals surface area contributed by atoms with Gasteiger partial charge in [-0.2, -0.15) is 0 Å². The number of nitrogens with two attached hydrogens (primary N) is 1. The molecular weight excluding hydrogens is 154 g/mol. The fraction of sp³-hybridized carbons (Fsp3) is 1.00. The lowest BCUT2D eigenvalue weighted by molar-refractivity contribution is -0.0519. The van der Waals surface area contributed by atoms with Crippen molar-refractivity contribution >= 4 is 0 Å². The minimum atomic E-state index is 0.271. The largest absolute Gasteiger partial charge is 0.381 e. The van der Waals surface area contributed by atoms with Gasteiger partial charge in [-0.05, 0) is 25.3 Å². The molecule has 2 saturated heterocycles. The maximum absolute atomic E-state index is 5.75. The summed E-state index contributed by atoms with van der Waals surface area (Å²) in [4.78, 5) is 0. The Hall–Kier alpha value is -0.120. The fourth-order valence-electron chi connectivity index (χ4n) is 2.35. The van der Waals surface area contributed by atoms with Gasteiger partial charge in [0.1, 0.15) is 0 Å². The molecule has 0 aromatic carbocycles. The first kappa shape index (κ1) is 8.48. The van der Waals surface area contributed by atoms with Crippen LogP contribution in [0, 0.1) is 11.3 Å². The maximum atomic E-state index is 5.75. The molecule has 12 heavy (non-hydrogen) atoms. The van der Waals surface area contributed by atoms with Gasteiger partial charge in [0.25, 0.3) is 0 Å². The maximum Gasteiger partial charge on any atom is 0.0548 e. The summed E-state index contributed by atoms with van der Waals surface area (Å²) in [7, 11) is 0. The number of ether oxygens (including phenoxy) is 2.